The molecule has 6 heteroatoms. The van der Waals surface area contributed by atoms with Crippen molar-refractivity contribution in [1.29, 1.82) is 5.26 Å². The summed E-state index contributed by atoms with van der Waals surface area (Å²) in [7, 11) is 0. The largest absolute Gasteiger partial charge is 0.424 e. The second-order valence-corrected chi connectivity index (χ2v) is 4.15. The van der Waals surface area contributed by atoms with Gasteiger partial charge in [0.2, 0.25) is 0 Å². The molecule has 0 atom stereocenters. The number of ether oxygens (including phenoxy) is 1. The summed E-state index contributed by atoms with van der Waals surface area (Å²) in [6.45, 7) is 0. The highest BCUT2D eigenvalue weighted by Crippen LogP contribution is 2.26. The highest BCUT2D eigenvalue weighted by molar-refractivity contribution is 5.79. The van der Waals surface area contributed by atoms with Crippen LogP contribution in [0.4, 0.5) is 10.1 Å². The van der Waals surface area contributed by atoms with E-state index in [0.29, 0.717) is 16.7 Å². The first-order valence-corrected chi connectivity index (χ1v) is 5.79. The van der Waals surface area contributed by atoms with E-state index in [1.165, 1.54) is 18.2 Å². The molecular formula is C14H9FN4O. The highest BCUT2D eigenvalue weighted by Gasteiger charge is 2.12. The van der Waals surface area contributed by atoms with Crippen molar-refractivity contribution in [2.45, 2.75) is 0 Å². The molecule has 20 heavy (non-hydrogen) atoms. The van der Waals surface area contributed by atoms with Gasteiger partial charge in [-0.15, -0.1) is 0 Å². The van der Waals surface area contributed by atoms with E-state index < -0.39 is 5.82 Å². The summed E-state index contributed by atoms with van der Waals surface area (Å²) >= 11 is 0. The highest BCUT2D eigenvalue weighted by atomic mass is 19.1. The quantitative estimate of drug-likeness (QED) is 0.699. The van der Waals surface area contributed by atoms with Crippen LogP contribution in [0.15, 0.2) is 36.4 Å². The molecule has 5 nitrogen and oxygen atoms in total. The Morgan fingerprint density at radius 3 is 2.95 bits per heavy atom. The molecule has 0 aliphatic rings. The molecule has 0 saturated heterocycles. The fourth-order valence-electron chi connectivity index (χ4n) is 1.85. The monoisotopic (exact) mass is 268 g/mol. The number of imidazole rings is 1. The number of hydrogen-bond acceptors (Lipinski definition) is 4. The zero-order valence-electron chi connectivity index (χ0n) is 10.2. The van der Waals surface area contributed by atoms with Crippen molar-refractivity contribution in [3.05, 3.63) is 47.8 Å². The summed E-state index contributed by atoms with van der Waals surface area (Å²) in [4.78, 5) is 7.10. The standard InChI is InChI=1S/C14H9FN4O/c15-10-2-1-3-13(9(10)7-16)20-14-18-11-5-4-8(17)6-12(11)19-14/h1-6H,17H2,(H,18,19). The number of anilines is 1. The Kier molecular flexibility index (Phi) is 2.73. The third kappa shape index (κ3) is 2.01. The van der Waals surface area contributed by atoms with E-state index in [4.69, 9.17) is 15.7 Å². The van der Waals surface area contributed by atoms with E-state index in [1.807, 2.05) is 0 Å². The van der Waals surface area contributed by atoms with Gasteiger partial charge in [-0.25, -0.2) is 4.39 Å². The second-order valence-electron chi connectivity index (χ2n) is 4.15. The molecule has 1 heterocycles. The Hall–Kier alpha value is -3.07. The molecule has 3 aromatic rings. The molecule has 0 spiro atoms. The number of halogens is 1. The first-order valence-electron chi connectivity index (χ1n) is 5.79. The Morgan fingerprint density at radius 2 is 2.15 bits per heavy atom. The predicted molar refractivity (Wildman–Crippen MR) is 71.7 cm³/mol. The molecule has 0 radical (unpaired) electrons. The van der Waals surface area contributed by atoms with E-state index in [0.717, 1.165) is 0 Å². The zero-order chi connectivity index (χ0) is 14.1. The molecule has 0 unspecified atom stereocenters. The number of aromatic nitrogens is 2. The van der Waals surface area contributed by atoms with Gasteiger partial charge in [-0.2, -0.15) is 10.2 Å². The first-order chi connectivity index (χ1) is 9.67. The van der Waals surface area contributed by atoms with Crippen LogP contribution in [0.5, 0.6) is 11.8 Å². The molecular weight excluding hydrogens is 259 g/mol. The number of nitrogens with zero attached hydrogens (tertiary/aromatic N) is 2. The lowest BCUT2D eigenvalue weighted by molar-refractivity contribution is 0.443. The van der Waals surface area contributed by atoms with Crippen LogP contribution in [0.1, 0.15) is 5.56 Å². The van der Waals surface area contributed by atoms with Gasteiger partial charge < -0.3 is 15.5 Å². The number of nitriles is 1. The molecule has 3 N–H and O–H groups in total. The molecule has 0 aliphatic carbocycles. The maximum absolute atomic E-state index is 13.5. The number of fused-ring (bicyclic) bond motifs is 1. The molecule has 2 aromatic carbocycles. The van der Waals surface area contributed by atoms with Gasteiger partial charge in [0.1, 0.15) is 17.4 Å². The molecule has 3 rings (SSSR count). The lowest BCUT2D eigenvalue weighted by atomic mass is 10.2. The minimum Gasteiger partial charge on any atom is -0.424 e. The minimum atomic E-state index is -0.634. The maximum atomic E-state index is 13.5. The first kappa shape index (κ1) is 12.0. The number of nitrogens with one attached hydrogen (secondary N) is 1. The van der Waals surface area contributed by atoms with Gasteiger partial charge in [0.15, 0.2) is 5.75 Å². The lowest BCUT2D eigenvalue weighted by Gasteiger charge is -2.03. The van der Waals surface area contributed by atoms with Gasteiger partial charge in [-0.05, 0) is 30.3 Å². The Balaban J connectivity index is 2.02. The van der Waals surface area contributed by atoms with Crippen LogP contribution in [0.2, 0.25) is 0 Å². The summed E-state index contributed by atoms with van der Waals surface area (Å²) in [6.07, 6.45) is 0. The van der Waals surface area contributed by atoms with E-state index in [1.54, 1.807) is 24.3 Å². The molecule has 98 valence electrons. The van der Waals surface area contributed by atoms with Gasteiger partial charge >= 0.3 is 0 Å². The summed E-state index contributed by atoms with van der Waals surface area (Å²) in [5.74, 6) is -0.523. The van der Waals surface area contributed by atoms with Crippen molar-refractivity contribution < 1.29 is 9.13 Å². The number of H-pyrrole nitrogens is 1. The van der Waals surface area contributed by atoms with Crippen LogP contribution in [0.3, 0.4) is 0 Å². The average Bonchev–Trinajstić information content (AvgIpc) is 2.80. The Morgan fingerprint density at radius 1 is 1.30 bits per heavy atom. The van der Waals surface area contributed by atoms with Crippen LogP contribution in [0.25, 0.3) is 11.0 Å². The number of aromatic amines is 1. The lowest BCUT2D eigenvalue weighted by Crippen LogP contribution is -1.92. The molecule has 0 bridgehead atoms. The van der Waals surface area contributed by atoms with Crippen LogP contribution in [-0.2, 0) is 0 Å². The second kappa shape index (κ2) is 4.55. The summed E-state index contributed by atoms with van der Waals surface area (Å²) < 4.78 is 18.9. The van der Waals surface area contributed by atoms with E-state index in [-0.39, 0.29) is 17.3 Å². The third-order valence-electron chi connectivity index (χ3n) is 2.78. The predicted octanol–water partition coefficient (Wildman–Crippen LogP) is 2.95. The topological polar surface area (TPSA) is 87.7 Å². The van der Waals surface area contributed by atoms with Gasteiger partial charge in [-0.3, -0.25) is 0 Å². The maximum Gasteiger partial charge on any atom is 0.300 e. The smallest absolute Gasteiger partial charge is 0.300 e. The van der Waals surface area contributed by atoms with E-state index >= 15 is 0 Å². The van der Waals surface area contributed by atoms with Crippen molar-refractivity contribution in [3.63, 3.8) is 0 Å². The fourth-order valence-corrected chi connectivity index (χ4v) is 1.85. The van der Waals surface area contributed by atoms with Crippen LogP contribution in [0, 0.1) is 17.1 Å². The summed E-state index contributed by atoms with van der Waals surface area (Å²) in [5.41, 5.74) is 7.48. The third-order valence-corrected chi connectivity index (χ3v) is 2.78. The van der Waals surface area contributed by atoms with Crippen LogP contribution < -0.4 is 10.5 Å². The number of rotatable bonds is 2. The Bertz CT molecular complexity index is 835. The molecule has 0 amide bonds. The molecule has 0 aliphatic heterocycles. The normalized spacial score (nSPS) is 10.4. The minimum absolute atomic E-state index is 0.111. The van der Waals surface area contributed by atoms with Crippen molar-refractivity contribution in [3.8, 4) is 17.8 Å². The van der Waals surface area contributed by atoms with Gasteiger partial charge in [-0.1, -0.05) is 6.07 Å². The number of nitrogen functional groups attached to an aromatic ring is 1. The summed E-state index contributed by atoms with van der Waals surface area (Å²) in [6, 6.07) is 11.3. The van der Waals surface area contributed by atoms with Crippen molar-refractivity contribution in [2.24, 2.45) is 0 Å². The zero-order valence-corrected chi connectivity index (χ0v) is 10.2. The van der Waals surface area contributed by atoms with Crippen LogP contribution in [-0.4, -0.2) is 9.97 Å². The number of hydrogen-bond donors (Lipinski definition) is 2. The summed E-state index contributed by atoms with van der Waals surface area (Å²) in [5, 5.41) is 8.94. The fraction of sp³-hybridized carbons (Fsp3) is 0. The SMILES string of the molecule is N#Cc1c(F)cccc1Oc1nc2ccc(N)cc2[nH]1. The number of benzene rings is 2. The van der Waals surface area contributed by atoms with Crippen molar-refractivity contribution >= 4 is 16.7 Å². The van der Waals surface area contributed by atoms with Gasteiger partial charge in [0, 0.05) is 5.69 Å². The van der Waals surface area contributed by atoms with Crippen molar-refractivity contribution in [1.82, 2.24) is 9.97 Å². The molecule has 0 fully saturated rings. The molecule has 0 saturated carbocycles. The number of nitrogens with two attached hydrogens (primary N) is 1. The van der Waals surface area contributed by atoms with Gasteiger partial charge in [0.05, 0.1) is 11.0 Å². The van der Waals surface area contributed by atoms with Gasteiger partial charge in [0.25, 0.3) is 6.01 Å². The van der Waals surface area contributed by atoms with Crippen molar-refractivity contribution in [2.75, 3.05) is 5.73 Å². The Labute approximate surface area is 113 Å². The van der Waals surface area contributed by atoms with E-state index in [2.05, 4.69) is 9.97 Å². The van der Waals surface area contributed by atoms with E-state index in [9.17, 15) is 4.39 Å². The molecule has 1 aromatic heterocycles. The van der Waals surface area contributed by atoms with Crippen LogP contribution >= 0.6 is 0 Å². The average molecular weight is 268 g/mol.